The second kappa shape index (κ2) is 6.73. The van der Waals surface area contributed by atoms with Crippen LogP contribution in [0.5, 0.6) is 0 Å². The van der Waals surface area contributed by atoms with Crippen LogP contribution in [-0.4, -0.2) is 42.9 Å². The van der Waals surface area contributed by atoms with Crippen LogP contribution >= 0.6 is 0 Å². The minimum atomic E-state index is -3.72. The first-order valence-electron chi connectivity index (χ1n) is 5.88. The lowest BCUT2D eigenvalue weighted by molar-refractivity contribution is -0.142. The van der Waals surface area contributed by atoms with Crippen LogP contribution < -0.4 is 4.72 Å². The van der Waals surface area contributed by atoms with Crippen molar-refractivity contribution in [3.05, 3.63) is 0 Å². The van der Waals surface area contributed by atoms with Gasteiger partial charge in [0.1, 0.15) is 6.04 Å². The molecule has 6 nitrogen and oxygen atoms in total. The van der Waals surface area contributed by atoms with E-state index in [-0.39, 0.29) is 13.1 Å². The van der Waals surface area contributed by atoms with Gasteiger partial charge in [-0.2, -0.15) is 12.7 Å². The number of hydrogen-bond donors (Lipinski definition) is 2. The molecule has 102 valence electrons. The highest BCUT2D eigenvalue weighted by atomic mass is 32.2. The van der Waals surface area contributed by atoms with Crippen molar-refractivity contribution in [3.8, 4) is 11.8 Å². The zero-order chi connectivity index (χ0) is 13.6. The second-order valence-electron chi connectivity index (χ2n) is 4.04. The average Bonchev–Trinajstić information content (AvgIpc) is 2.35. The van der Waals surface area contributed by atoms with Gasteiger partial charge < -0.3 is 5.11 Å². The molecule has 1 saturated heterocycles. The number of aliphatic carboxylic acids is 1. The third-order valence-corrected chi connectivity index (χ3v) is 4.38. The maximum absolute atomic E-state index is 12.0. The summed E-state index contributed by atoms with van der Waals surface area (Å²) in [5.74, 6) is 4.32. The van der Waals surface area contributed by atoms with E-state index in [0.29, 0.717) is 19.3 Å². The van der Waals surface area contributed by atoms with Crippen LogP contribution in [0.15, 0.2) is 0 Å². The number of rotatable bonds is 5. The van der Waals surface area contributed by atoms with Crippen LogP contribution in [0.4, 0.5) is 0 Å². The molecular formula is C11H18N2O4S. The topological polar surface area (TPSA) is 86.7 Å². The molecule has 0 aromatic carbocycles. The van der Waals surface area contributed by atoms with Gasteiger partial charge in [0.25, 0.3) is 10.2 Å². The summed E-state index contributed by atoms with van der Waals surface area (Å²) in [6, 6.07) is -0.950. The summed E-state index contributed by atoms with van der Waals surface area (Å²) in [5, 5.41) is 9.03. The molecule has 1 atom stereocenters. The van der Waals surface area contributed by atoms with E-state index in [0.717, 1.165) is 10.7 Å². The van der Waals surface area contributed by atoms with Crippen LogP contribution in [0, 0.1) is 11.8 Å². The predicted octanol–water partition coefficient (Wildman–Crippen LogP) is 0.173. The van der Waals surface area contributed by atoms with Crippen molar-refractivity contribution in [2.45, 2.75) is 38.6 Å². The molecule has 0 spiro atoms. The lowest BCUT2D eigenvalue weighted by Gasteiger charge is -2.31. The fourth-order valence-electron chi connectivity index (χ4n) is 1.89. The van der Waals surface area contributed by atoms with E-state index < -0.39 is 22.2 Å². The third-order valence-electron chi connectivity index (χ3n) is 2.76. The Hall–Kier alpha value is -1.10. The van der Waals surface area contributed by atoms with E-state index in [1.165, 1.54) is 0 Å². The van der Waals surface area contributed by atoms with Crippen molar-refractivity contribution in [2.24, 2.45) is 0 Å². The fourth-order valence-corrected chi connectivity index (χ4v) is 3.32. The molecule has 1 heterocycles. The standard InChI is InChI=1S/C11H18N2O4S/c1-2-3-5-8-12-18(16,17)13-9-6-4-7-10(13)11(14)15/h10,12H,4-9H2,1H3,(H,14,15). The number of piperidine rings is 1. The van der Waals surface area contributed by atoms with Crippen molar-refractivity contribution in [1.82, 2.24) is 9.03 Å². The van der Waals surface area contributed by atoms with Crippen LogP contribution in [0.2, 0.25) is 0 Å². The van der Waals surface area contributed by atoms with Gasteiger partial charge in [0, 0.05) is 19.5 Å². The van der Waals surface area contributed by atoms with Gasteiger partial charge >= 0.3 is 5.97 Å². The zero-order valence-electron chi connectivity index (χ0n) is 10.3. The van der Waals surface area contributed by atoms with Crippen molar-refractivity contribution >= 4 is 16.2 Å². The molecule has 0 radical (unpaired) electrons. The quantitative estimate of drug-likeness (QED) is 0.553. The molecule has 7 heteroatoms. The fraction of sp³-hybridized carbons (Fsp3) is 0.727. The van der Waals surface area contributed by atoms with Crippen molar-refractivity contribution in [2.75, 3.05) is 13.1 Å². The Morgan fingerprint density at radius 1 is 1.50 bits per heavy atom. The highest BCUT2D eigenvalue weighted by Gasteiger charge is 2.36. The summed E-state index contributed by atoms with van der Waals surface area (Å²) >= 11 is 0. The van der Waals surface area contributed by atoms with E-state index >= 15 is 0 Å². The molecular weight excluding hydrogens is 256 g/mol. The van der Waals surface area contributed by atoms with Crippen molar-refractivity contribution < 1.29 is 18.3 Å². The Morgan fingerprint density at radius 3 is 2.83 bits per heavy atom. The van der Waals surface area contributed by atoms with E-state index in [9.17, 15) is 13.2 Å². The smallest absolute Gasteiger partial charge is 0.322 e. The van der Waals surface area contributed by atoms with Gasteiger partial charge in [0.2, 0.25) is 0 Å². The molecule has 1 aliphatic rings. The van der Waals surface area contributed by atoms with Gasteiger partial charge in [-0.25, -0.2) is 4.72 Å². The summed E-state index contributed by atoms with van der Waals surface area (Å²) in [7, 11) is -3.72. The number of carboxylic acids is 1. The molecule has 0 bridgehead atoms. The third kappa shape index (κ3) is 3.98. The number of carbonyl (C=O) groups is 1. The first-order chi connectivity index (χ1) is 8.49. The predicted molar refractivity (Wildman–Crippen MR) is 67.0 cm³/mol. The first kappa shape index (κ1) is 15.0. The Labute approximate surface area is 108 Å². The van der Waals surface area contributed by atoms with Gasteiger partial charge in [-0.15, -0.1) is 11.8 Å². The highest BCUT2D eigenvalue weighted by Crippen LogP contribution is 2.19. The van der Waals surface area contributed by atoms with Gasteiger partial charge in [-0.1, -0.05) is 0 Å². The second-order valence-corrected chi connectivity index (χ2v) is 5.74. The van der Waals surface area contributed by atoms with E-state index in [1.807, 2.05) is 0 Å². The lowest BCUT2D eigenvalue weighted by Crippen LogP contribution is -2.52. The molecule has 18 heavy (non-hydrogen) atoms. The number of hydrogen-bond acceptors (Lipinski definition) is 3. The van der Waals surface area contributed by atoms with Gasteiger partial charge in [-0.05, 0) is 26.2 Å². The molecule has 1 aliphatic heterocycles. The van der Waals surface area contributed by atoms with E-state index in [2.05, 4.69) is 16.6 Å². The van der Waals surface area contributed by atoms with E-state index in [4.69, 9.17) is 5.11 Å². The normalized spacial score (nSPS) is 21.1. The van der Waals surface area contributed by atoms with Crippen LogP contribution in [0.1, 0.15) is 32.6 Å². The molecule has 1 rings (SSSR count). The monoisotopic (exact) mass is 274 g/mol. The largest absolute Gasteiger partial charge is 0.480 e. The zero-order valence-corrected chi connectivity index (χ0v) is 11.2. The molecule has 1 fully saturated rings. The molecule has 0 aromatic heterocycles. The lowest BCUT2D eigenvalue weighted by atomic mass is 10.1. The molecule has 0 saturated carbocycles. The summed E-state index contributed by atoms with van der Waals surface area (Å²) < 4.78 is 27.4. The Bertz CT molecular complexity index is 449. The first-order valence-corrected chi connectivity index (χ1v) is 7.32. The highest BCUT2D eigenvalue weighted by molar-refractivity contribution is 7.87. The maximum Gasteiger partial charge on any atom is 0.322 e. The number of nitrogens with one attached hydrogen (secondary N) is 1. The summed E-state index contributed by atoms with van der Waals surface area (Å²) in [6.45, 7) is 2.14. The number of nitrogens with zero attached hydrogens (tertiary/aromatic N) is 1. The Kier molecular flexibility index (Phi) is 5.59. The van der Waals surface area contributed by atoms with Crippen LogP contribution in [-0.2, 0) is 15.0 Å². The molecule has 0 aliphatic carbocycles. The SMILES string of the molecule is CC#CCCNS(=O)(=O)N1CCCCC1C(=O)O. The number of carboxylic acid groups (broad SMARTS) is 1. The molecule has 0 amide bonds. The molecule has 0 aromatic rings. The van der Waals surface area contributed by atoms with Crippen molar-refractivity contribution in [3.63, 3.8) is 0 Å². The Morgan fingerprint density at radius 2 is 2.22 bits per heavy atom. The van der Waals surface area contributed by atoms with E-state index in [1.54, 1.807) is 6.92 Å². The van der Waals surface area contributed by atoms with Crippen molar-refractivity contribution in [1.29, 1.82) is 0 Å². The Balaban J connectivity index is 2.68. The average molecular weight is 274 g/mol. The molecule has 2 N–H and O–H groups in total. The van der Waals surface area contributed by atoms with Crippen LogP contribution in [0.3, 0.4) is 0 Å². The van der Waals surface area contributed by atoms with Crippen LogP contribution in [0.25, 0.3) is 0 Å². The summed E-state index contributed by atoms with van der Waals surface area (Å²) in [6.07, 6.45) is 2.22. The van der Waals surface area contributed by atoms with Gasteiger partial charge in [-0.3, -0.25) is 4.79 Å². The minimum Gasteiger partial charge on any atom is -0.480 e. The maximum atomic E-state index is 12.0. The summed E-state index contributed by atoms with van der Waals surface area (Å²) in [5.41, 5.74) is 0. The minimum absolute atomic E-state index is 0.200. The molecule has 1 unspecified atom stereocenters. The summed E-state index contributed by atoms with van der Waals surface area (Å²) in [4.78, 5) is 11.0. The van der Waals surface area contributed by atoms with Gasteiger partial charge in [0.05, 0.1) is 0 Å². The van der Waals surface area contributed by atoms with Gasteiger partial charge in [0.15, 0.2) is 0 Å².